The second-order valence-electron chi connectivity index (χ2n) is 25.6. The lowest BCUT2D eigenvalue weighted by atomic mass is 9.76. The number of nitrogens with zero attached hydrogens (tertiary/aromatic N) is 3. The number of nitrogens with one attached hydrogen (secondary N) is 1. The van der Waals surface area contributed by atoms with E-state index in [1.54, 1.807) is 38.4 Å². The van der Waals surface area contributed by atoms with Gasteiger partial charge in [0.2, 0.25) is 15.2 Å². The van der Waals surface area contributed by atoms with E-state index in [1.807, 2.05) is 37.2 Å². The number of benzene rings is 3. The topological polar surface area (TPSA) is 336 Å². The number of carbonyl (C=O) groups excluding carboxylic acids is 3. The van der Waals surface area contributed by atoms with E-state index in [0.29, 0.717) is 148 Å². The molecule has 1 fully saturated rings. The summed E-state index contributed by atoms with van der Waals surface area (Å²) in [6.07, 6.45) is 3.80. The number of ether oxygens (including phenoxy) is 12. The van der Waals surface area contributed by atoms with Gasteiger partial charge in [-0.15, -0.1) is 40.3 Å². The van der Waals surface area contributed by atoms with Gasteiger partial charge in [0.15, 0.2) is 32.9 Å². The Morgan fingerprint density at radius 2 is 1.12 bits per heavy atom. The summed E-state index contributed by atoms with van der Waals surface area (Å²) in [7, 11) is -10.3. The monoisotopic (exact) mass is 1580 g/mol. The molecule has 0 radical (unpaired) electrons. The molecule has 4 atom stereocenters. The molecule has 3 aromatic rings. The zero-order valence-electron chi connectivity index (χ0n) is 58.9. The van der Waals surface area contributed by atoms with Gasteiger partial charge in [-0.2, -0.15) is 8.42 Å². The first kappa shape index (κ1) is 83.2. The highest BCUT2D eigenvalue weighted by Crippen LogP contribution is 2.61. The maximum atomic E-state index is 18.1. The first-order valence-electron chi connectivity index (χ1n) is 33.6. The molecule has 9 rings (SSSR count). The Labute approximate surface area is 615 Å². The van der Waals surface area contributed by atoms with Gasteiger partial charge in [-0.1, -0.05) is 6.08 Å². The molecule has 4 unspecified atom stereocenters. The summed E-state index contributed by atoms with van der Waals surface area (Å²) in [5.74, 6) is -12.2. The third-order valence-corrected chi connectivity index (χ3v) is 26.7. The molecule has 3 aromatic carbocycles. The Hall–Kier alpha value is -4.85. The number of anilines is 1. The molecule has 578 valence electrons. The molecule has 0 aromatic heterocycles. The molecular formula is C67H90F3N4O24S6+. The molecule has 6 aliphatic rings. The number of carbonyl (C=O) groups is 3. The van der Waals surface area contributed by atoms with E-state index in [4.69, 9.17) is 66.8 Å². The highest BCUT2D eigenvalue weighted by molar-refractivity contribution is 8.19. The van der Waals surface area contributed by atoms with E-state index in [-0.39, 0.29) is 93.5 Å². The first-order chi connectivity index (χ1) is 49.5. The van der Waals surface area contributed by atoms with Crippen LogP contribution in [0, 0.1) is 29.3 Å². The molecule has 28 nitrogen and oxygen atoms in total. The summed E-state index contributed by atoms with van der Waals surface area (Å²) in [6.45, 7) is 16.6. The van der Waals surface area contributed by atoms with Crippen molar-refractivity contribution < 1.29 is 124 Å². The number of fused-ring (bicyclic) bond motifs is 8. The Morgan fingerprint density at radius 3 is 1.63 bits per heavy atom. The number of amides is 2. The van der Waals surface area contributed by atoms with Gasteiger partial charge in [-0.3, -0.25) is 14.1 Å². The molecule has 1 saturated heterocycles. The average Bonchev–Trinajstić information content (AvgIpc) is 1.21. The van der Waals surface area contributed by atoms with Crippen molar-refractivity contribution in [3.05, 3.63) is 95.2 Å². The maximum Gasteiger partial charge on any atom is 0.343 e. The largest absolute Gasteiger partial charge is 0.456 e. The minimum absolute atomic E-state index is 0.00700. The minimum Gasteiger partial charge on any atom is -0.456 e. The Morgan fingerprint density at radius 1 is 0.644 bits per heavy atom. The van der Waals surface area contributed by atoms with Crippen LogP contribution in [0.3, 0.4) is 0 Å². The molecule has 37 heteroatoms. The molecule has 6 aliphatic heterocycles. The predicted molar refractivity (Wildman–Crippen MR) is 378 cm³/mol. The van der Waals surface area contributed by atoms with Gasteiger partial charge in [-0.05, 0) is 37.6 Å². The van der Waals surface area contributed by atoms with Crippen molar-refractivity contribution in [3.8, 4) is 11.5 Å². The summed E-state index contributed by atoms with van der Waals surface area (Å²) in [4.78, 5) is 41.4. The maximum absolute atomic E-state index is 18.1. The SMILES string of the molecule is CN1c2cc3c(cc2C2SC(S(=O)(=O)COCCOCCOCCOCCOCCOCCNCCOCCOCCOCCOCCOCCO)=CC2C1(C)C)C(c1c(F)c(SCC(=O)ON2C(=O)CCC2=O)c(F)c(F)c1S(=O)(=O)O)=c1cc2c(cc1O3)=[N+](C)C(C)(C)C1C=C(S(C)(=O)=O)SC21. The standard InChI is InChI=1S/C67H89F3N4O24S6/c1-66(2)46-36-55(102(7,79)80)100-62(46)42-34-44-50(38-48(42)72(66)5)97-51-39-49-43(35-45(51)57(44)58-59(68)64(60(69)61(70)65(58)104(83,84)85)99-40-54(78)98-74-52(76)8-9-53(74)77)63-47(67(3,4)73(49)6)37-56(101-63)103(81,82)41-96-33-32-95-31-30-94-29-28-93-26-23-90-20-17-87-14-11-71-10-13-86-16-19-89-22-25-92-27-24-91-21-18-88-15-12-75/h34-39,46-47,62-63,71,75H,8-33,40-41H2,1-7H3/p+1. The van der Waals surface area contributed by atoms with Crippen LogP contribution in [0.1, 0.15) is 73.3 Å². The van der Waals surface area contributed by atoms with Crippen molar-refractivity contribution in [3.63, 3.8) is 0 Å². The predicted octanol–water partition coefficient (Wildman–Crippen LogP) is 4.22. The van der Waals surface area contributed by atoms with Crippen LogP contribution in [-0.2, 0) is 101 Å². The number of aliphatic hydroxyl groups excluding tert-OH is 1. The quantitative estimate of drug-likeness (QED) is 0.0139. The first-order valence-corrected chi connectivity index (χ1v) is 41.4. The van der Waals surface area contributed by atoms with Gasteiger partial charge in [0.25, 0.3) is 21.9 Å². The number of sulfone groups is 2. The number of hydrogen-bond acceptors (Lipinski definition) is 28. The van der Waals surface area contributed by atoms with Crippen molar-refractivity contribution in [2.24, 2.45) is 11.8 Å². The van der Waals surface area contributed by atoms with Crippen molar-refractivity contribution in [1.29, 1.82) is 0 Å². The number of hydrogen-bond donors (Lipinski definition) is 3. The highest BCUT2D eigenvalue weighted by Gasteiger charge is 2.53. The fourth-order valence-corrected chi connectivity index (χ4v) is 19.8. The smallest absolute Gasteiger partial charge is 0.343 e. The lowest BCUT2D eigenvalue weighted by Crippen LogP contribution is -2.55. The van der Waals surface area contributed by atoms with Crippen molar-refractivity contribution >= 4 is 94.1 Å². The van der Waals surface area contributed by atoms with E-state index in [1.165, 1.54) is 12.1 Å². The van der Waals surface area contributed by atoms with Crippen molar-refractivity contribution in [1.82, 2.24) is 15.0 Å². The highest BCUT2D eigenvalue weighted by atomic mass is 32.3. The minimum atomic E-state index is -5.95. The van der Waals surface area contributed by atoms with Gasteiger partial charge in [0, 0.05) is 109 Å². The van der Waals surface area contributed by atoms with E-state index < -0.39 is 131 Å². The van der Waals surface area contributed by atoms with Crippen molar-refractivity contribution in [2.45, 2.75) is 71.9 Å². The summed E-state index contributed by atoms with van der Waals surface area (Å²) in [6, 6.07) is 6.20. The lowest BCUT2D eigenvalue weighted by Gasteiger charge is -2.49. The number of hydroxylamine groups is 2. The van der Waals surface area contributed by atoms with Crippen LogP contribution < -0.4 is 30.1 Å². The van der Waals surface area contributed by atoms with E-state index in [9.17, 15) is 44.2 Å². The second kappa shape index (κ2) is 37.5. The van der Waals surface area contributed by atoms with Gasteiger partial charge >= 0.3 is 5.97 Å². The van der Waals surface area contributed by atoms with Crippen molar-refractivity contribution in [2.75, 3.05) is 195 Å². The number of thioether (sulfide) groups is 3. The van der Waals surface area contributed by atoms with E-state index >= 15 is 13.2 Å². The van der Waals surface area contributed by atoms with Gasteiger partial charge in [0.1, 0.15) is 29.3 Å². The van der Waals surface area contributed by atoms with E-state index in [0.717, 1.165) is 29.8 Å². The summed E-state index contributed by atoms with van der Waals surface area (Å²) >= 11 is 2.08. The molecular weight excluding hydrogens is 1490 g/mol. The Kier molecular flexibility index (Phi) is 30.0. The fraction of sp³-hybridized carbons (Fsp3) is 0.612. The Bertz CT molecular complexity index is 4140. The zero-order valence-corrected chi connectivity index (χ0v) is 63.8. The van der Waals surface area contributed by atoms with Crippen LogP contribution >= 0.6 is 35.3 Å². The van der Waals surface area contributed by atoms with Gasteiger partial charge in [-0.25, -0.2) is 39.4 Å². The third kappa shape index (κ3) is 20.3. The molecule has 6 heterocycles. The lowest BCUT2D eigenvalue weighted by molar-refractivity contribution is -0.195. The summed E-state index contributed by atoms with van der Waals surface area (Å²) in [5, 5.41) is 11.1. The molecule has 3 N–H and O–H groups in total. The average molecular weight is 1580 g/mol. The number of aliphatic hydroxyl groups is 1. The van der Waals surface area contributed by atoms with Crippen LogP contribution in [-0.4, -0.2) is 259 Å². The number of rotatable bonds is 45. The number of imide groups is 1. The van der Waals surface area contributed by atoms with Crippen LogP contribution in [0.25, 0.3) is 5.57 Å². The van der Waals surface area contributed by atoms with Crippen LogP contribution in [0.5, 0.6) is 11.5 Å². The van der Waals surface area contributed by atoms with Crippen LogP contribution in [0.15, 0.2) is 54.7 Å². The normalized spacial score (nSPS) is 19.5. The zero-order chi connectivity index (χ0) is 75.2. The molecule has 2 amide bonds. The molecule has 0 aliphatic carbocycles. The summed E-state index contributed by atoms with van der Waals surface area (Å²) in [5.41, 5.74) is -1.98. The molecule has 0 saturated carbocycles. The molecule has 0 spiro atoms. The molecule has 104 heavy (non-hydrogen) atoms. The number of halogens is 3. The second-order valence-corrected chi connectivity index (χ2v) is 34.7. The van der Waals surface area contributed by atoms with Gasteiger partial charge < -0.3 is 77.0 Å². The fourth-order valence-electron chi connectivity index (χ4n) is 12.3. The molecule has 0 bridgehead atoms. The Balaban J connectivity index is 0.775. The third-order valence-electron chi connectivity index (χ3n) is 18.1. The van der Waals surface area contributed by atoms with Gasteiger partial charge in [0.05, 0.1) is 182 Å². The van der Waals surface area contributed by atoms with Crippen LogP contribution in [0.2, 0.25) is 0 Å². The van der Waals surface area contributed by atoms with Crippen LogP contribution in [0.4, 0.5) is 18.9 Å². The summed E-state index contributed by atoms with van der Waals surface area (Å²) < 4.78 is 214. The van der Waals surface area contributed by atoms with E-state index in [2.05, 4.69) is 5.32 Å².